The number of ether oxygens (including phenoxy) is 1. The largest absolute Gasteiger partial charge is 0.481 e. The fourth-order valence-electron chi connectivity index (χ4n) is 3.31. The monoisotopic (exact) mass is 298 g/mol. The average Bonchev–Trinajstić information content (AvgIpc) is 2.86. The Bertz CT molecular complexity index is 405. The zero-order valence-corrected chi connectivity index (χ0v) is 13.0. The minimum absolute atomic E-state index is 0.0388. The Morgan fingerprint density at radius 3 is 2.52 bits per heavy atom. The highest BCUT2D eigenvalue weighted by Crippen LogP contribution is 2.34. The smallest absolute Gasteiger partial charge is 0.315 e. The zero-order valence-electron chi connectivity index (χ0n) is 13.0. The summed E-state index contributed by atoms with van der Waals surface area (Å²) in [6, 6.07) is -0.586. The lowest BCUT2D eigenvalue weighted by molar-refractivity contribution is -0.137. The first-order valence-electron chi connectivity index (χ1n) is 7.67. The van der Waals surface area contributed by atoms with Crippen molar-refractivity contribution in [2.75, 3.05) is 0 Å². The Hall–Kier alpha value is -1.30. The van der Waals surface area contributed by atoms with Gasteiger partial charge >= 0.3 is 12.0 Å². The molecule has 2 fully saturated rings. The second kappa shape index (κ2) is 6.22. The second-order valence-corrected chi connectivity index (χ2v) is 7.39. The molecule has 0 aromatic heterocycles. The van der Waals surface area contributed by atoms with Crippen molar-refractivity contribution < 1.29 is 19.4 Å². The minimum atomic E-state index is -0.896. The number of rotatable bonds is 5. The number of aliphatic carboxylic acids is 1. The summed E-state index contributed by atoms with van der Waals surface area (Å²) in [6.45, 7) is 6.10. The lowest BCUT2D eigenvalue weighted by Crippen LogP contribution is -2.50. The van der Waals surface area contributed by atoms with Gasteiger partial charge in [-0.2, -0.15) is 0 Å². The standard InChI is InChI=1S/C15H26N2O4/c1-15(2,3)8-9(6-13(18)19)16-14(20)17-11-7-10-4-5-12(11)21-10/h9-12H,4-8H2,1-3H3,(H,18,19)(H2,16,17,20). The molecule has 3 N–H and O–H groups in total. The van der Waals surface area contributed by atoms with E-state index in [2.05, 4.69) is 10.6 Å². The van der Waals surface area contributed by atoms with Crippen LogP contribution in [-0.4, -0.2) is 41.4 Å². The predicted octanol–water partition coefficient (Wildman–Crippen LogP) is 1.88. The van der Waals surface area contributed by atoms with Crippen LogP contribution in [0.3, 0.4) is 0 Å². The van der Waals surface area contributed by atoms with Gasteiger partial charge in [0.15, 0.2) is 0 Å². The topological polar surface area (TPSA) is 87.7 Å². The van der Waals surface area contributed by atoms with E-state index < -0.39 is 5.97 Å². The molecule has 2 aliphatic rings. The molecule has 2 amide bonds. The van der Waals surface area contributed by atoms with E-state index in [0.717, 1.165) is 19.3 Å². The first kappa shape index (κ1) is 16.1. The Morgan fingerprint density at radius 1 is 1.33 bits per heavy atom. The van der Waals surface area contributed by atoms with Gasteiger partial charge in [-0.15, -0.1) is 0 Å². The van der Waals surface area contributed by atoms with Gasteiger partial charge in [0, 0.05) is 6.04 Å². The maximum absolute atomic E-state index is 12.1. The molecule has 0 aliphatic carbocycles. The lowest BCUT2D eigenvalue weighted by atomic mass is 9.87. The Labute approximate surface area is 125 Å². The normalized spacial score (nSPS) is 29.2. The third kappa shape index (κ3) is 4.88. The molecule has 2 saturated heterocycles. The van der Waals surface area contributed by atoms with Gasteiger partial charge in [0.25, 0.3) is 0 Å². The lowest BCUT2D eigenvalue weighted by Gasteiger charge is -2.27. The molecule has 4 unspecified atom stereocenters. The molecule has 2 bridgehead atoms. The number of hydrogen-bond acceptors (Lipinski definition) is 3. The number of carbonyl (C=O) groups excluding carboxylic acids is 1. The number of nitrogens with one attached hydrogen (secondary N) is 2. The van der Waals surface area contributed by atoms with Crippen molar-refractivity contribution in [2.24, 2.45) is 5.41 Å². The number of carboxylic acids is 1. The van der Waals surface area contributed by atoms with Crippen LogP contribution in [0.25, 0.3) is 0 Å². The summed E-state index contributed by atoms with van der Waals surface area (Å²) in [6.07, 6.45) is 3.91. The van der Waals surface area contributed by atoms with Gasteiger partial charge in [-0.05, 0) is 31.1 Å². The quantitative estimate of drug-likeness (QED) is 0.723. The Morgan fingerprint density at radius 2 is 2.05 bits per heavy atom. The molecule has 0 saturated carbocycles. The van der Waals surface area contributed by atoms with E-state index >= 15 is 0 Å². The van der Waals surface area contributed by atoms with E-state index in [-0.39, 0.29) is 42.2 Å². The fourth-order valence-corrected chi connectivity index (χ4v) is 3.31. The SMILES string of the molecule is CC(C)(C)CC(CC(=O)O)NC(=O)NC1CC2CCC1O2. The molecule has 0 aromatic carbocycles. The van der Waals surface area contributed by atoms with Crippen molar-refractivity contribution in [3.63, 3.8) is 0 Å². The molecule has 6 nitrogen and oxygen atoms in total. The van der Waals surface area contributed by atoms with Crippen LogP contribution in [0.1, 0.15) is 52.9 Å². The van der Waals surface area contributed by atoms with Crippen molar-refractivity contribution >= 4 is 12.0 Å². The van der Waals surface area contributed by atoms with Crippen LogP contribution in [-0.2, 0) is 9.53 Å². The van der Waals surface area contributed by atoms with E-state index in [0.29, 0.717) is 6.42 Å². The summed E-state index contributed by atoms with van der Waals surface area (Å²) in [7, 11) is 0. The van der Waals surface area contributed by atoms with E-state index in [1.54, 1.807) is 0 Å². The van der Waals surface area contributed by atoms with E-state index in [9.17, 15) is 9.59 Å². The second-order valence-electron chi connectivity index (χ2n) is 7.39. The molecule has 2 heterocycles. The highest BCUT2D eigenvalue weighted by molar-refractivity contribution is 5.76. The van der Waals surface area contributed by atoms with Crippen LogP contribution in [0.15, 0.2) is 0 Å². The minimum Gasteiger partial charge on any atom is -0.481 e. The summed E-state index contributed by atoms with van der Waals surface area (Å²) in [5.41, 5.74) is -0.0388. The van der Waals surface area contributed by atoms with Gasteiger partial charge < -0.3 is 20.5 Å². The van der Waals surface area contributed by atoms with Crippen LogP contribution in [0, 0.1) is 5.41 Å². The number of carboxylic acid groups (broad SMARTS) is 1. The molecule has 21 heavy (non-hydrogen) atoms. The van der Waals surface area contributed by atoms with Crippen molar-refractivity contribution in [1.29, 1.82) is 0 Å². The summed E-state index contributed by atoms with van der Waals surface area (Å²) < 4.78 is 5.70. The molecule has 2 aliphatic heterocycles. The van der Waals surface area contributed by atoms with Gasteiger partial charge in [-0.25, -0.2) is 4.79 Å². The van der Waals surface area contributed by atoms with Gasteiger partial charge in [0.05, 0.1) is 24.7 Å². The van der Waals surface area contributed by atoms with E-state index in [1.807, 2.05) is 20.8 Å². The third-order valence-electron chi connectivity index (χ3n) is 4.04. The number of amides is 2. The number of hydrogen-bond donors (Lipinski definition) is 3. The Kier molecular flexibility index (Phi) is 4.76. The van der Waals surface area contributed by atoms with Crippen LogP contribution < -0.4 is 10.6 Å². The summed E-state index contributed by atoms with van der Waals surface area (Å²) in [4.78, 5) is 23.0. The van der Waals surface area contributed by atoms with Crippen LogP contribution in [0.2, 0.25) is 0 Å². The van der Waals surface area contributed by atoms with Gasteiger partial charge in [-0.1, -0.05) is 20.8 Å². The van der Waals surface area contributed by atoms with Crippen molar-refractivity contribution in [3.8, 4) is 0 Å². The molecule has 0 radical (unpaired) electrons. The van der Waals surface area contributed by atoms with E-state index in [1.165, 1.54) is 0 Å². The molecular formula is C15H26N2O4. The van der Waals surface area contributed by atoms with Gasteiger partial charge in [0.2, 0.25) is 0 Å². The van der Waals surface area contributed by atoms with Crippen molar-refractivity contribution in [3.05, 3.63) is 0 Å². The molecule has 6 heteroatoms. The molecule has 2 rings (SSSR count). The number of fused-ring (bicyclic) bond motifs is 2. The summed E-state index contributed by atoms with van der Waals surface area (Å²) in [5.74, 6) is -0.896. The predicted molar refractivity (Wildman–Crippen MR) is 78.1 cm³/mol. The van der Waals surface area contributed by atoms with Gasteiger partial charge in [0.1, 0.15) is 0 Å². The van der Waals surface area contributed by atoms with E-state index in [4.69, 9.17) is 9.84 Å². The van der Waals surface area contributed by atoms with Crippen LogP contribution in [0.4, 0.5) is 4.79 Å². The average molecular weight is 298 g/mol. The fraction of sp³-hybridized carbons (Fsp3) is 0.867. The first-order chi connectivity index (χ1) is 9.73. The number of urea groups is 1. The highest BCUT2D eigenvalue weighted by Gasteiger charge is 2.41. The molecule has 0 spiro atoms. The van der Waals surface area contributed by atoms with Crippen LogP contribution >= 0.6 is 0 Å². The number of carbonyl (C=O) groups is 2. The maximum atomic E-state index is 12.1. The van der Waals surface area contributed by atoms with Crippen molar-refractivity contribution in [2.45, 2.75) is 77.2 Å². The summed E-state index contributed by atoms with van der Waals surface area (Å²) >= 11 is 0. The molecule has 4 atom stereocenters. The zero-order chi connectivity index (χ0) is 15.6. The molecule has 0 aromatic rings. The molecule has 120 valence electrons. The maximum Gasteiger partial charge on any atom is 0.315 e. The Balaban J connectivity index is 1.83. The van der Waals surface area contributed by atoms with Crippen LogP contribution in [0.5, 0.6) is 0 Å². The molecular weight excluding hydrogens is 272 g/mol. The first-order valence-corrected chi connectivity index (χ1v) is 7.67. The van der Waals surface area contributed by atoms with Crippen molar-refractivity contribution in [1.82, 2.24) is 10.6 Å². The third-order valence-corrected chi connectivity index (χ3v) is 4.04. The summed E-state index contributed by atoms with van der Waals surface area (Å²) in [5, 5.41) is 14.7. The van der Waals surface area contributed by atoms with Gasteiger partial charge in [-0.3, -0.25) is 4.79 Å². The highest BCUT2D eigenvalue weighted by atomic mass is 16.5.